The van der Waals surface area contributed by atoms with E-state index in [1.807, 2.05) is 12.1 Å². The largest absolute Gasteiger partial charge is 0.207 e. The second kappa shape index (κ2) is 6.17. The highest BCUT2D eigenvalue weighted by Gasteiger charge is 2.13. The molecule has 3 rings (SSSR count). The predicted molar refractivity (Wildman–Crippen MR) is 90.7 cm³/mol. The second-order valence-electron chi connectivity index (χ2n) is 5.02. The number of rotatable bonds is 3. The summed E-state index contributed by atoms with van der Waals surface area (Å²) in [5.41, 5.74) is 2.13. The van der Waals surface area contributed by atoms with Crippen molar-refractivity contribution in [2.75, 3.05) is 0 Å². The van der Waals surface area contributed by atoms with Gasteiger partial charge in [-0.05, 0) is 40.5 Å². The van der Waals surface area contributed by atoms with Gasteiger partial charge in [-0.2, -0.15) is 0 Å². The molecule has 1 atom stereocenters. The third kappa shape index (κ3) is 3.28. The zero-order valence-electron chi connectivity index (χ0n) is 11.2. The standard InChI is InChI=1S/C18H13BrClF/c19-17(16-8-7-15(21)11-18(16)20)10-12-5-6-13-3-1-2-4-14(13)9-12/h1-9,11,17H,10H2. The molecule has 0 spiro atoms. The molecule has 0 bridgehead atoms. The topological polar surface area (TPSA) is 0 Å². The highest BCUT2D eigenvalue weighted by Crippen LogP contribution is 2.33. The van der Waals surface area contributed by atoms with Crippen LogP contribution in [-0.4, -0.2) is 0 Å². The van der Waals surface area contributed by atoms with E-state index >= 15 is 0 Å². The highest BCUT2D eigenvalue weighted by atomic mass is 79.9. The van der Waals surface area contributed by atoms with E-state index in [4.69, 9.17) is 11.6 Å². The van der Waals surface area contributed by atoms with Gasteiger partial charge in [0.25, 0.3) is 0 Å². The first-order valence-electron chi connectivity index (χ1n) is 6.70. The Morgan fingerprint density at radius 2 is 1.71 bits per heavy atom. The fourth-order valence-corrected chi connectivity index (χ4v) is 3.64. The average Bonchev–Trinajstić information content (AvgIpc) is 2.47. The van der Waals surface area contributed by atoms with E-state index in [1.54, 1.807) is 6.07 Å². The molecule has 3 aromatic carbocycles. The van der Waals surface area contributed by atoms with Crippen molar-refractivity contribution < 1.29 is 4.39 Å². The van der Waals surface area contributed by atoms with Gasteiger partial charge in [0, 0.05) is 9.85 Å². The maximum atomic E-state index is 13.1. The minimum absolute atomic E-state index is 0.0618. The first kappa shape index (κ1) is 14.6. The lowest BCUT2D eigenvalue weighted by atomic mass is 10.0. The second-order valence-corrected chi connectivity index (χ2v) is 6.53. The molecule has 21 heavy (non-hydrogen) atoms. The number of fused-ring (bicyclic) bond motifs is 1. The lowest BCUT2D eigenvalue weighted by Crippen LogP contribution is -1.97. The molecule has 0 fully saturated rings. The quantitative estimate of drug-likeness (QED) is 0.478. The molecular weight excluding hydrogens is 351 g/mol. The summed E-state index contributed by atoms with van der Waals surface area (Å²) in [4.78, 5) is 0.0618. The summed E-state index contributed by atoms with van der Waals surface area (Å²) in [6.07, 6.45) is 0.802. The van der Waals surface area contributed by atoms with Crippen molar-refractivity contribution in [2.45, 2.75) is 11.2 Å². The van der Waals surface area contributed by atoms with Crippen molar-refractivity contribution in [3.63, 3.8) is 0 Å². The molecular formula is C18H13BrClF. The molecule has 106 valence electrons. The van der Waals surface area contributed by atoms with Crippen LogP contribution in [0.2, 0.25) is 5.02 Å². The maximum Gasteiger partial charge on any atom is 0.124 e. The van der Waals surface area contributed by atoms with Gasteiger partial charge in [0.1, 0.15) is 5.82 Å². The Kier molecular flexibility index (Phi) is 4.27. The molecule has 0 N–H and O–H groups in total. The van der Waals surface area contributed by atoms with Crippen LogP contribution in [0.3, 0.4) is 0 Å². The van der Waals surface area contributed by atoms with Gasteiger partial charge < -0.3 is 0 Å². The zero-order chi connectivity index (χ0) is 14.8. The van der Waals surface area contributed by atoms with Crippen LogP contribution < -0.4 is 0 Å². The third-order valence-electron chi connectivity index (χ3n) is 3.53. The normalized spacial score (nSPS) is 12.5. The molecule has 0 nitrogen and oxygen atoms in total. The van der Waals surface area contributed by atoms with Crippen molar-refractivity contribution in [1.29, 1.82) is 0 Å². The third-order valence-corrected chi connectivity index (χ3v) is 4.67. The molecule has 1 unspecified atom stereocenters. The minimum atomic E-state index is -0.311. The van der Waals surface area contributed by atoms with Crippen molar-refractivity contribution >= 4 is 38.3 Å². The fraction of sp³-hybridized carbons (Fsp3) is 0.111. The van der Waals surface area contributed by atoms with Gasteiger partial charge in [-0.15, -0.1) is 0 Å². The molecule has 0 amide bonds. The van der Waals surface area contributed by atoms with Crippen LogP contribution in [0.15, 0.2) is 60.7 Å². The van der Waals surface area contributed by atoms with Gasteiger partial charge in [0.2, 0.25) is 0 Å². The zero-order valence-corrected chi connectivity index (χ0v) is 13.5. The summed E-state index contributed by atoms with van der Waals surface area (Å²) < 4.78 is 13.1. The van der Waals surface area contributed by atoms with Gasteiger partial charge in [-0.25, -0.2) is 4.39 Å². The van der Waals surface area contributed by atoms with Crippen molar-refractivity contribution in [3.8, 4) is 0 Å². The molecule has 0 heterocycles. The number of benzene rings is 3. The Hall–Kier alpha value is -1.38. The molecule has 0 aliphatic carbocycles. The Morgan fingerprint density at radius 3 is 2.48 bits per heavy atom. The van der Waals surface area contributed by atoms with Crippen LogP contribution in [0.1, 0.15) is 16.0 Å². The van der Waals surface area contributed by atoms with E-state index in [0.29, 0.717) is 5.02 Å². The van der Waals surface area contributed by atoms with Crippen LogP contribution in [0.4, 0.5) is 4.39 Å². The average molecular weight is 364 g/mol. The van der Waals surface area contributed by atoms with Crippen LogP contribution in [0.5, 0.6) is 0 Å². The first-order chi connectivity index (χ1) is 10.1. The van der Waals surface area contributed by atoms with E-state index in [1.165, 1.54) is 28.5 Å². The van der Waals surface area contributed by atoms with E-state index < -0.39 is 0 Å². The number of hydrogen-bond donors (Lipinski definition) is 0. The first-order valence-corrected chi connectivity index (χ1v) is 7.99. The van der Waals surface area contributed by atoms with E-state index in [9.17, 15) is 4.39 Å². The summed E-state index contributed by atoms with van der Waals surface area (Å²) in [6, 6.07) is 19.2. The Labute approximate surface area is 136 Å². The van der Waals surface area contributed by atoms with Gasteiger partial charge in [-0.1, -0.05) is 76.1 Å². The van der Waals surface area contributed by atoms with E-state index in [-0.39, 0.29) is 10.6 Å². The predicted octanol–water partition coefficient (Wildman–Crippen LogP) is 6.31. The van der Waals surface area contributed by atoms with Gasteiger partial charge >= 0.3 is 0 Å². The van der Waals surface area contributed by atoms with Gasteiger partial charge in [0.15, 0.2) is 0 Å². The molecule has 3 heteroatoms. The van der Waals surface area contributed by atoms with Crippen molar-refractivity contribution in [1.82, 2.24) is 0 Å². The molecule has 0 radical (unpaired) electrons. The van der Waals surface area contributed by atoms with Crippen LogP contribution >= 0.6 is 27.5 Å². The van der Waals surface area contributed by atoms with Crippen molar-refractivity contribution in [2.24, 2.45) is 0 Å². The fourth-order valence-electron chi connectivity index (χ4n) is 2.44. The van der Waals surface area contributed by atoms with E-state index in [2.05, 4.69) is 46.3 Å². The van der Waals surface area contributed by atoms with E-state index in [0.717, 1.165) is 12.0 Å². The van der Waals surface area contributed by atoms with Crippen LogP contribution in [0, 0.1) is 5.82 Å². The number of halogens is 3. The molecule has 0 saturated carbocycles. The number of alkyl halides is 1. The number of hydrogen-bond acceptors (Lipinski definition) is 0. The molecule has 0 aliphatic heterocycles. The molecule has 0 aliphatic rings. The van der Waals surface area contributed by atoms with Gasteiger partial charge in [0.05, 0.1) is 0 Å². The summed E-state index contributed by atoms with van der Waals surface area (Å²) in [5.74, 6) is -0.311. The maximum absolute atomic E-state index is 13.1. The SMILES string of the molecule is Fc1ccc(C(Br)Cc2ccc3ccccc3c2)c(Cl)c1. The highest BCUT2D eigenvalue weighted by molar-refractivity contribution is 9.09. The summed E-state index contributed by atoms with van der Waals surface area (Å²) in [7, 11) is 0. The summed E-state index contributed by atoms with van der Waals surface area (Å²) >= 11 is 9.77. The lowest BCUT2D eigenvalue weighted by Gasteiger charge is -2.13. The Morgan fingerprint density at radius 1 is 0.952 bits per heavy atom. The molecule has 3 aromatic rings. The Balaban J connectivity index is 1.87. The van der Waals surface area contributed by atoms with Crippen molar-refractivity contribution in [3.05, 3.63) is 82.6 Å². The monoisotopic (exact) mass is 362 g/mol. The minimum Gasteiger partial charge on any atom is -0.207 e. The summed E-state index contributed by atoms with van der Waals surface area (Å²) in [5, 5.41) is 2.91. The van der Waals surface area contributed by atoms with Crippen LogP contribution in [-0.2, 0) is 6.42 Å². The Bertz CT molecular complexity index is 785. The lowest BCUT2D eigenvalue weighted by molar-refractivity contribution is 0.627. The smallest absolute Gasteiger partial charge is 0.124 e. The van der Waals surface area contributed by atoms with Gasteiger partial charge in [-0.3, -0.25) is 0 Å². The molecule has 0 aromatic heterocycles. The molecule has 0 saturated heterocycles. The summed E-state index contributed by atoms with van der Waals surface area (Å²) in [6.45, 7) is 0. The van der Waals surface area contributed by atoms with Crippen LogP contribution in [0.25, 0.3) is 10.8 Å².